The van der Waals surface area contributed by atoms with Crippen molar-refractivity contribution in [3.8, 4) is 21.7 Å². The predicted octanol–water partition coefficient (Wildman–Crippen LogP) is 4.23. The molecule has 0 aliphatic carbocycles. The van der Waals surface area contributed by atoms with Crippen molar-refractivity contribution in [3.05, 3.63) is 65.7 Å². The Morgan fingerprint density at radius 2 is 1.92 bits per heavy atom. The number of hydrogen-bond acceptors (Lipinski definition) is 6. The van der Waals surface area contributed by atoms with E-state index >= 15 is 0 Å². The van der Waals surface area contributed by atoms with E-state index in [9.17, 15) is 0 Å². The van der Waals surface area contributed by atoms with Gasteiger partial charge in [-0.05, 0) is 28.6 Å². The second-order valence-electron chi connectivity index (χ2n) is 5.86. The van der Waals surface area contributed by atoms with Crippen LogP contribution in [-0.4, -0.2) is 14.6 Å². The summed E-state index contributed by atoms with van der Waals surface area (Å²) in [6, 6.07) is 16.4. The highest BCUT2D eigenvalue weighted by Crippen LogP contribution is 2.39. The third-order valence-electron chi connectivity index (χ3n) is 4.28. The maximum absolute atomic E-state index is 8.27. The van der Waals surface area contributed by atoms with Crippen LogP contribution in [0.1, 0.15) is 0 Å². The van der Waals surface area contributed by atoms with Crippen LogP contribution < -0.4 is 11.3 Å². The summed E-state index contributed by atoms with van der Waals surface area (Å²) >= 11 is 3.13. The molecule has 4 aromatic heterocycles. The molecular weight excluding hydrogens is 362 g/mol. The highest BCUT2D eigenvalue weighted by molar-refractivity contribution is 7.25. The number of pyridine rings is 1. The second kappa shape index (κ2) is 5.76. The number of aromatic nitrogens is 3. The van der Waals surface area contributed by atoms with Gasteiger partial charge in [-0.1, -0.05) is 36.4 Å². The van der Waals surface area contributed by atoms with Gasteiger partial charge in [0.2, 0.25) is 0 Å². The Bertz CT molecular complexity index is 1300. The van der Waals surface area contributed by atoms with E-state index in [1.165, 1.54) is 22.3 Å². The first-order valence-electron chi connectivity index (χ1n) is 7.96. The topological polar surface area (TPSA) is 80.6 Å². The molecule has 126 valence electrons. The summed E-state index contributed by atoms with van der Waals surface area (Å²) in [7, 11) is 0. The normalized spacial score (nSPS) is 11.4. The zero-order chi connectivity index (χ0) is 17.7. The molecule has 0 spiro atoms. The van der Waals surface area contributed by atoms with Crippen molar-refractivity contribution in [1.29, 1.82) is 5.41 Å². The Morgan fingerprint density at radius 1 is 1.08 bits per heavy atom. The van der Waals surface area contributed by atoms with E-state index < -0.39 is 0 Å². The van der Waals surface area contributed by atoms with Crippen LogP contribution in [0.2, 0.25) is 0 Å². The van der Waals surface area contributed by atoms with Crippen molar-refractivity contribution >= 4 is 43.1 Å². The lowest BCUT2D eigenvalue weighted by atomic mass is 10.0. The summed E-state index contributed by atoms with van der Waals surface area (Å²) in [5.41, 5.74) is 4.14. The summed E-state index contributed by atoms with van der Waals surface area (Å²) < 4.78 is 1.98. The van der Waals surface area contributed by atoms with Crippen LogP contribution in [0.25, 0.3) is 42.1 Å². The lowest BCUT2D eigenvalue weighted by molar-refractivity contribution is 0.871. The van der Waals surface area contributed by atoms with Gasteiger partial charge in [0.05, 0.1) is 20.8 Å². The second-order valence-corrected chi connectivity index (χ2v) is 7.81. The van der Waals surface area contributed by atoms with Crippen LogP contribution in [-0.2, 0) is 0 Å². The molecule has 0 aliphatic heterocycles. The Balaban J connectivity index is 1.95. The molecule has 0 amide bonds. The fourth-order valence-electron chi connectivity index (χ4n) is 3.06. The van der Waals surface area contributed by atoms with Gasteiger partial charge in [0.25, 0.3) is 0 Å². The molecule has 0 bridgehead atoms. The predicted molar refractivity (Wildman–Crippen MR) is 108 cm³/mol. The minimum Gasteiger partial charge on any atom is -0.336 e. The van der Waals surface area contributed by atoms with Crippen LogP contribution in [0.4, 0.5) is 0 Å². The monoisotopic (exact) mass is 375 g/mol. The molecule has 0 saturated carbocycles. The van der Waals surface area contributed by atoms with Crippen LogP contribution in [0.3, 0.4) is 0 Å². The fraction of sp³-hybridized carbons (Fsp3) is 0. The minimum absolute atomic E-state index is 0.245. The number of thiophene rings is 2. The smallest absolute Gasteiger partial charge is 0.164 e. The molecule has 26 heavy (non-hydrogen) atoms. The van der Waals surface area contributed by atoms with Crippen molar-refractivity contribution in [2.45, 2.75) is 0 Å². The molecular formula is C19H13N5S2. The highest BCUT2D eigenvalue weighted by atomic mass is 32.1. The zero-order valence-corrected chi connectivity index (χ0v) is 15.1. The van der Waals surface area contributed by atoms with Gasteiger partial charge in [-0.15, -0.1) is 22.7 Å². The molecule has 0 aliphatic rings. The van der Waals surface area contributed by atoms with Gasteiger partial charge in [-0.3, -0.25) is 5.41 Å². The third-order valence-corrected chi connectivity index (χ3v) is 6.25. The van der Waals surface area contributed by atoms with Gasteiger partial charge in [0, 0.05) is 5.39 Å². The van der Waals surface area contributed by atoms with E-state index in [0.717, 1.165) is 42.1 Å². The van der Waals surface area contributed by atoms with Gasteiger partial charge >= 0.3 is 0 Å². The molecule has 0 atom stereocenters. The summed E-state index contributed by atoms with van der Waals surface area (Å²) in [4.78, 5) is 11.4. The maximum Gasteiger partial charge on any atom is 0.164 e. The SMILES string of the molecule is N=c1c2sc3nc(-c4cccs4)cc(-c4ccccc4)c3c2ncn1N. The number of fused-ring (bicyclic) bond motifs is 3. The Hall–Kier alpha value is -3.03. The molecule has 3 N–H and O–H groups in total. The molecule has 5 aromatic rings. The van der Waals surface area contributed by atoms with Crippen molar-refractivity contribution in [2.24, 2.45) is 0 Å². The number of nitrogens with zero attached hydrogens (tertiary/aromatic N) is 3. The largest absolute Gasteiger partial charge is 0.336 e. The van der Waals surface area contributed by atoms with Crippen molar-refractivity contribution in [3.63, 3.8) is 0 Å². The molecule has 5 rings (SSSR count). The summed E-state index contributed by atoms with van der Waals surface area (Å²) in [5.74, 6) is 5.82. The average molecular weight is 375 g/mol. The first-order valence-corrected chi connectivity index (χ1v) is 9.66. The lowest BCUT2D eigenvalue weighted by Gasteiger charge is -2.07. The fourth-order valence-corrected chi connectivity index (χ4v) is 4.84. The van der Waals surface area contributed by atoms with Gasteiger partial charge in [0.15, 0.2) is 5.49 Å². The van der Waals surface area contributed by atoms with Crippen LogP contribution >= 0.6 is 22.7 Å². The van der Waals surface area contributed by atoms with E-state index in [4.69, 9.17) is 16.2 Å². The maximum atomic E-state index is 8.27. The van der Waals surface area contributed by atoms with E-state index in [1.807, 2.05) is 24.3 Å². The molecule has 0 radical (unpaired) electrons. The standard InChI is InChI=1S/C19H13N5S2/c20-18-17-16(22-10-24(18)21)15-12(11-5-2-1-3-6-11)9-13(23-19(15)26-17)14-7-4-8-25-14/h1-10,20H,21H2. The molecule has 7 heteroatoms. The van der Waals surface area contributed by atoms with Gasteiger partial charge in [0.1, 0.15) is 11.2 Å². The molecule has 0 unspecified atom stereocenters. The first-order chi connectivity index (χ1) is 12.7. The zero-order valence-electron chi connectivity index (χ0n) is 13.5. The average Bonchev–Trinajstić information content (AvgIpc) is 3.33. The molecule has 5 nitrogen and oxygen atoms in total. The number of benzene rings is 1. The van der Waals surface area contributed by atoms with Crippen molar-refractivity contribution in [1.82, 2.24) is 14.6 Å². The van der Waals surface area contributed by atoms with Gasteiger partial charge < -0.3 is 5.84 Å². The van der Waals surface area contributed by atoms with Gasteiger partial charge in [-0.2, -0.15) is 0 Å². The van der Waals surface area contributed by atoms with E-state index in [2.05, 4.69) is 34.6 Å². The minimum atomic E-state index is 0.245. The van der Waals surface area contributed by atoms with Crippen molar-refractivity contribution in [2.75, 3.05) is 5.84 Å². The number of nitrogens with two attached hydrogens (primary N) is 1. The Labute approximate surface area is 156 Å². The summed E-state index contributed by atoms with van der Waals surface area (Å²) in [6.07, 6.45) is 1.48. The molecule has 0 fully saturated rings. The lowest BCUT2D eigenvalue weighted by Crippen LogP contribution is -2.26. The number of rotatable bonds is 2. The van der Waals surface area contributed by atoms with Crippen LogP contribution in [0.5, 0.6) is 0 Å². The number of nitrogen functional groups attached to an aromatic ring is 1. The Morgan fingerprint density at radius 3 is 2.69 bits per heavy atom. The highest BCUT2D eigenvalue weighted by Gasteiger charge is 2.17. The van der Waals surface area contributed by atoms with Crippen LogP contribution in [0.15, 0.2) is 60.2 Å². The molecule has 1 aromatic carbocycles. The third kappa shape index (κ3) is 2.25. The number of hydrogen-bond donors (Lipinski definition) is 2. The number of nitrogens with one attached hydrogen (secondary N) is 1. The van der Waals surface area contributed by atoms with E-state index in [-0.39, 0.29) is 5.49 Å². The summed E-state index contributed by atoms with van der Waals surface area (Å²) in [5, 5.41) is 11.3. The van der Waals surface area contributed by atoms with Crippen molar-refractivity contribution < 1.29 is 0 Å². The Kier molecular flexibility index (Phi) is 3.37. The van der Waals surface area contributed by atoms with Gasteiger partial charge in [-0.25, -0.2) is 14.6 Å². The van der Waals surface area contributed by atoms with E-state index in [1.54, 1.807) is 11.3 Å². The first kappa shape index (κ1) is 15.2. The summed E-state index contributed by atoms with van der Waals surface area (Å²) in [6.45, 7) is 0. The van der Waals surface area contributed by atoms with Crippen LogP contribution in [0, 0.1) is 5.41 Å². The molecule has 0 saturated heterocycles. The van der Waals surface area contributed by atoms with E-state index in [0.29, 0.717) is 0 Å². The molecule has 4 heterocycles. The quantitative estimate of drug-likeness (QED) is 0.453.